The molecule has 1 atom stereocenters. The molecule has 0 aliphatic carbocycles. The molecule has 0 radical (unpaired) electrons. The summed E-state index contributed by atoms with van der Waals surface area (Å²) in [6, 6.07) is 0. The molecule has 0 aromatic heterocycles. The first-order valence-electron chi connectivity index (χ1n) is 5.05. The van der Waals surface area contributed by atoms with Crippen molar-refractivity contribution in [3.8, 4) is 0 Å². The van der Waals surface area contributed by atoms with Crippen molar-refractivity contribution in [2.75, 3.05) is 19.7 Å². The Morgan fingerprint density at radius 2 is 1.88 bits per heavy atom. The molecular weight excluding hydrogens is 249 g/mol. The van der Waals surface area contributed by atoms with Crippen LogP contribution in [0.2, 0.25) is 0 Å². The number of carbonyl (C=O) groups excluding carboxylic acids is 1. The van der Waals surface area contributed by atoms with Crippen LogP contribution in [-0.4, -0.2) is 47.7 Å². The van der Waals surface area contributed by atoms with E-state index in [1.54, 1.807) is 0 Å². The number of nitrogens with zero attached hydrogens (tertiary/aromatic N) is 1. The van der Waals surface area contributed by atoms with Crippen LogP contribution in [-0.2, 0) is 4.79 Å². The van der Waals surface area contributed by atoms with Crippen molar-refractivity contribution in [1.82, 2.24) is 4.90 Å². The standard InChI is InChI=1S/C9H12F5NO2/c10-8(11,9(12,13)14)7(17)15-3-1-2-6(4-15)5-16/h6,16H,1-5H2. The lowest BCUT2D eigenvalue weighted by Gasteiger charge is -2.34. The predicted octanol–water partition coefficient (Wildman–Crippen LogP) is 1.41. The van der Waals surface area contributed by atoms with Crippen LogP contribution in [0, 0.1) is 5.92 Å². The monoisotopic (exact) mass is 261 g/mol. The number of hydrogen-bond donors (Lipinski definition) is 1. The van der Waals surface area contributed by atoms with Gasteiger partial charge in [-0.25, -0.2) is 0 Å². The van der Waals surface area contributed by atoms with Gasteiger partial charge in [-0.15, -0.1) is 0 Å². The zero-order valence-electron chi connectivity index (χ0n) is 8.81. The van der Waals surface area contributed by atoms with Crippen molar-refractivity contribution in [3.05, 3.63) is 0 Å². The molecule has 8 heteroatoms. The van der Waals surface area contributed by atoms with E-state index < -0.39 is 23.9 Å². The summed E-state index contributed by atoms with van der Waals surface area (Å²) >= 11 is 0. The van der Waals surface area contributed by atoms with Crippen molar-refractivity contribution >= 4 is 5.91 Å². The molecule has 3 nitrogen and oxygen atoms in total. The molecule has 1 N–H and O–H groups in total. The Balaban J connectivity index is 2.76. The molecular formula is C9H12F5NO2. The van der Waals surface area contributed by atoms with Crippen LogP contribution in [0.1, 0.15) is 12.8 Å². The first kappa shape index (κ1) is 14.1. The highest BCUT2D eigenvalue weighted by Gasteiger charge is 2.64. The molecule has 1 unspecified atom stereocenters. The summed E-state index contributed by atoms with van der Waals surface area (Å²) in [6.07, 6.45) is -5.06. The average Bonchev–Trinajstić information content (AvgIpc) is 2.26. The fourth-order valence-corrected chi connectivity index (χ4v) is 1.72. The molecule has 0 aromatic rings. The van der Waals surface area contributed by atoms with Crippen molar-refractivity contribution < 1.29 is 31.9 Å². The summed E-state index contributed by atoms with van der Waals surface area (Å²) in [6.45, 7) is -0.733. The highest BCUT2D eigenvalue weighted by atomic mass is 19.4. The minimum Gasteiger partial charge on any atom is -0.396 e. The van der Waals surface area contributed by atoms with E-state index in [4.69, 9.17) is 5.11 Å². The Morgan fingerprint density at radius 3 is 2.35 bits per heavy atom. The number of hydrogen-bond acceptors (Lipinski definition) is 2. The van der Waals surface area contributed by atoms with E-state index in [-0.39, 0.29) is 19.7 Å². The van der Waals surface area contributed by atoms with Gasteiger partial charge in [-0.1, -0.05) is 0 Å². The molecule has 17 heavy (non-hydrogen) atoms. The lowest BCUT2D eigenvalue weighted by atomic mass is 9.98. The Hall–Kier alpha value is -0.920. The van der Waals surface area contributed by atoms with Gasteiger partial charge >= 0.3 is 18.0 Å². The highest BCUT2D eigenvalue weighted by molar-refractivity contribution is 5.84. The van der Waals surface area contributed by atoms with E-state index in [9.17, 15) is 26.7 Å². The van der Waals surface area contributed by atoms with Crippen LogP contribution in [0.5, 0.6) is 0 Å². The third-order valence-corrected chi connectivity index (χ3v) is 2.69. The summed E-state index contributed by atoms with van der Waals surface area (Å²) in [5.74, 6) is -8.02. The molecule has 1 saturated heterocycles. The van der Waals surface area contributed by atoms with E-state index in [1.807, 2.05) is 0 Å². The molecule has 0 saturated carbocycles. The summed E-state index contributed by atoms with van der Waals surface area (Å²) < 4.78 is 61.4. The van der Waals surface area contributed by atoms with Gasteiger partial charge < -0.3 is 10.0 Å². The van der Waals surface area contributed by atoms with E-state index in [0.717, 1.165) is 0 Å². The summed E-state index contributed by atoms with van der Waals surface area (Å²) in [5, 5.41) is 8.81. The topological polar surface area (TPSA) is 40.5 Å². The van der Waals surface area contributed by atoms with Crippen LogP contribution in [0.4, 0.5) is 22.0 Å². The molecule has 1 rings (SSSR count). The molecule has 0 bridgehead atoms. The van der Waals surface area contributed by atoms with Crippen LogP contribution in [0.25, 0.3) is 0 Å². The number of amides is 1. The number of alkyl halides is 5. The van der Waals surface area contributed by atoms with Gasteiger partial charge in [0.1, 0.15) is 0 Å². The number of aliphatic hydroxyl groups is 1. The zero-order valence-corrected chi connectivity index (χ0v) is 8.81. The Kier molecular flexibility index (Phi) is 3.95. The fourth-order valence-electron chi connectivity index (χ4n) is 1.72. The van der Waals surface area contributed by atoms with E-state index in [1.165, 1.54) is 0 Å². The fraction of sp³-hybridized carbons (Fsp3) is 0.889. The smallest absolute Gasteiger partial charge is 0.396 e. The van der Waals surface area contributed by atoms with Crippen LogP contribution in [0.15, 0.2) is 0 Å². The minimum absolute atomic E-state index is 0.138. The quantitative estimate of drug-likeness (QED) is 0.764. The summed E-state index contributed by atoms with van der Waals surface area (Å²) in [4.78, 5) is 11.6. The maximum absolute atomic E-state index is 12.8. The first-order chi connectivity index (χ1) is 7.70. The van der Waals surface area contributed by atoms with Gasteiger partial charge in [0.2, 0.25) is 0 Å². The van der Waals surface area contributed by atoms with Crippen LogP contribution in [0.3, 0.4) is 0 Å². The number of halogens is 5. The number of carbonyl (C=O) groups is 1. The first-order valence-corrected chi connectivity index (χ1v) is 5.05. The van der Waals surface area contributed by atoms with Crippen LogP contribution < -0.4 is 0 Å². The largest absolute Gasteiger partial charge is 0.463 e. The normalized spacial score (nSPS) is 22.7. The second kappa shape index (κ2) is 4.75. The lowest BCUT2D eigenvalue weighted by molar-refractivity contribution is -0.275. The lowest BCUT2D eigenvalue weighted by Crippen LogP contribution is -2.54. The number of likely N-dealkylation sites (tertiary alicyclic amines) is 1. The van der Waals surface area contributed by atoms with E-state index >= 15 is 0 Å². The molecule has 100 valence electrons. The van der Waals surface area contributed by atoms with Gasteiger partial charge in [-0.3, -0.25) is 4.79 Å². The zero-order chi connectivity index (χ0) is 13.3. The van der Waals surface area contributed by atoms with Gasteiger partial charge in [-0.2, -0.15) is 22.0 Å². The second-order valence-corrected chi connectivity index (χ2v) is 4.01. The average molecular weight is 261 g/mol. The van der Waals surface area contributed by atoms with Gasteiger partial charge in [0.15, 0.2) is 0 Å². The molecule has 0 spiro atoms. The maximum atomic E-state index is 12.8. The molecule has 1 amide bonds. The Morgan fingerprint density at radius 1 is 1.29 bits per heavy atom. The highest BCUT2D eigenvalue weighted by Crippen LogP contribution is 2.37. The Labute approximate surface area is 94.2 Å². The van der Waals surface area contributed by atoms with Crippen molar-refractivity contribution in [2.24, 2.45) is 5.92 Å². The van der Waals surface area contributed by atoms with Gasteiger partial charge in [0.05, 0.1) is 0 Å². The second-order valence-electron chi connectivity index (χ2n) is 4.01. The third kappa shape index (κ3) is 2.85. The molecule has 1 heterocycles. The van der Waals surface area contributed by atoms with Crippen LogP contribution >= 0.6 is 0 Å². The number of rotatable bonds is 2. The van der Waals surface area contributed by atoms with Crippen molar-refractivity contribution in [3.63, 3.8) is 0 Å². The van der Waals surface area contributed by atoms with Crippen molar-refractivity contribution in [2.45, 2.75) is 24.9 Å². The summed E-state index contributed by atoms with van der Waals surface area (Å²) in [5.41, 5.74) is 0. The molecule has 1 aliphatic heterocycles. The summed E-state index contributed by atoms with van der Waals surface area (Å²) in [7, 11) is 0. The van der Waals surface area contributed by atoms with E-state index in [2.05, 4.69) is 0 Å². The molecule has 1 aliphatic rings. The molecule has 1 fully saturated rings. The van der Waals surface area contributed by atoms with Gasteiger partial charge in [-0.05, 0) is 18.8 Å². The van der Waals surface area contributed by atoms with Gasteiger partial charge in [0, 0.05) is 19.7 Å². The number of piperidine rings is 1. The number of aliphatic hydroxyl groups excluding tert-OH is 1. The van der Waals surface area contributed by atoms with Crippen molar-refractivity contribution in [1.29, 1.82) is 0 Å². The predicted molar refractivity (Wildman–Crippen MR) is 47.4 cm³/mol. The van der Waals surface area contributed by atoms with E-state index in [0.29, 0.717) is 17.7 Å². The maximum Gasteiger partial charge on any atom is 0.463 e. The van der Waals surface area contributed by atoms with Gasteiger partial charge in [0.25, 0.3) is 0 Å². The minimum atomic E-state index is -5.88. The Bertz CT molecular complexity index is 292. The SMILES string of the molecule is O=C(N1CCCC(CO)C1)C(F)(F)C(F)(F)F. The molecule has 0 aromatic carbocycles. The third-order valence-electron chi connectivity index (χ3n) is 2.69.